The van der Waals surface area contributed by atoms with Crippen LogP contribution in [0.1, 0.15) is 24.8 Å². The number of nitrogens with two attached hydrogens (primary N) is 1. The highest BCUT2D eigenvalue weighted by molar-refractivity contribution is 6.13. The van der Waals surface area contributed by atoms with Gasteiger partial charge in [0, 0.05) is 0 Å². The zero-order chi connectivity index (χ0) is 14.8. The van der Waals surface area contributed by atoms with Crippen LogP contribution < -0.4 is 15.8 Å². The van der Waals surface area contributed by atoms with E-state index in [9.17, 15) is 4.79 Å². The lowest BCUT2D eigenvalue weighted by Gasteiger charge is -2.38. The fourth-order valence-corrected chi connectivity index (χ4v) is 2.39. The number of aryl methyl sites for hydroxylation is 1. The van der Waals surface area contributed by atoms with Gasteiger partial charge in [-0.2, -0.15) is 0 Å². The second kappa shape index (κ2) is 5.40. The summed E-state index contributed by atoms with van der Waals surface area (Å²) in [6, 6.07) is 5.52. The van der Waals surface area contributed by atoms with E-state index in [2.05, 4.69) is 10.5 Å². The summed E-state index contributed by atoms with van der Waals surface area (Å²) in [5.74, 6) is 0.286. The topological polar surface area (TPSA) is 96.9 Å². The van der Waals surface area contributed by atoms with Crippen LogP contribution in [0.4, 0.5) is 5.69 Å². The van der Waals surface area contributed by atoms with Crippen molar-refractivity contribution in [1.82, 2.24) is 0 Å². The molecule has 1 saturated carbocycles. The van der Waals surface area contributed by atoms with Gasteiger partial charge in [-0.3, -0.25) is 4.79 Å². The minimum atomic E-state index is -0.899. The van der Waals surface area contributed by atoms with Crippen molar-refractivity contribution in [1.29, 1.82) is 0 Å². The number of nitrogens with one attached hydrogen (secondary N) is 1. The second-order valence-electron chi connectivity index (χ2n) is 5.08. The van der Waals surface area contributed by atoms with Gasteiger partial charge in [-0.1, -0.05) is 17.6 Å². The maximum absolute atomic E-state index is 12.5. The molecule has 1 aliphatic rings. The summed E-state index contributed by atoms with van der Waals surface area (Å²) in [5, 5.41) is 14.7. The highest BCUT2D eigenvalue weighted by Gasteiger charge is 2.48. The van der Waals surface area contributed by atoms with Gasteiger partial charge >= 0.3 is 0 Å². The van der Waals surface area contributed by atoms with Crippen LogP contribution in [-0.4, -0.2) is 24.1 Å². The molecule has 1 aromatic carbocycles. The Bertz CT molecular complexity index is 551. The van der Waals surface area contributed by atoms with Gasteiger partial charge in [0.15, 0.2) is 5.84 Å². The van der Waals surface area contributed by atoms with Crippen molar-refractivity contribution < 1.29 is 14.7 Å². The van der Waals surface area contributed by atoms with Crippen LogP contribution >= 0.6 is 0 Å². The smallest absolute Gasteiger partial charge is 0.238 e. The first-order valence-electron chi connectivity index (χ1n) is 6.47. The van der Waals surface area contributed by atoms with Gasteiger partial charge in [0.05, 0.1) is 12.8 Å². The lowest BCUT2D eigenvalue weighted by molar-refractivity contribution is -0.125. The standard InChI is InChI=1S/C14H19N3O3/c1-9-4-5-11(20-2)10(8-9)16-13(18)14(6-3-7-14)12(15)17-19/h4-5,8,19H,3,6-7H2,1-2H3,(H2,15,17)(H,16,18). The molecule has 0 aliphatic heterocycles. The SMILES string of the molecule is COc1ccc(C)cc1NC(=O)C1(/C(N)=N/O)CCC1. The Kier molecular flexibility index (Phi) is 3.83. The molecule has 0 aromatic heterocycles. The molecule has 108 valence electrons. The number of amidine groups is 1. The van der Waals surface area contributed by atoms with Gasteiger partial charge in [0.25, 0.3) is 0 Å². The number of nitrogens with zero attached hydrogens (tertiary/aromatic N) is 1. The van der Waals surface area contributed by atoms with E-state index in [1.54, 1.807) is 13.2 Å². The Balaban J connectivity index is 2.26. The predicted molar refractivity (Wildman–Crippen MR) is 76.1 cm³/mol. The molecular formula is C14H19N3O3. The number of benzene rings is 1. The van der Waals surface area contributed by atoms with E-state index >= 15 is 0 Å². The number of amides is 1. The van der Waals surface area contributed by atoms with Crippen LogP contribution in [0.2, 0.25) is 0 Å². The molecule has 0 radical (unpaired) electrons. The van der Waals surface area contributed by atoms with Crippen molar-refractivity contribution in [3.8, 4) is 5.75 Å². The minimum Gasteiger partial charge on any atom is -0.495 e. The van der Waals surface area contributed by atoms with Crippen molar-refractivity contribution in [2.24, 2.45) is 16.3 Å². The zero-order valence-corrected chi connectivity index (χ0v) is 11.6. The predicted octanol–water partition coefficient (Wildman–Crippen LogP) is 1.86. The van der Waals surface area contributed by atoms with Crippen LogP contribution in [0, 0.1) is 12.3 Å². The molecule has 0 atom stereocenters. The van der Waals surface area contributed by atoms with Crippen molar-refractivity contribution in [3.63, 3.8) is 0 Å². The zero-order valence-electron chi connectivity index (χ0n) is 11.6. The van der Waals surface area contributed by atoms with E-state index in [1.807, 2.05) is 19.1 Å². The number of anilines is 1. The summed E-state index contributed by atoms with van der Waals surface area (Å²) in [6.07, 6.45) is 2.06. The third-order valence-corrected chi connectivity index (χ3v) is 3.84. The molecular weight excluding hydrogens is 258 g/mol. The monoisotopic (exact) mass is 277 g/mol. The second-order valence-corrected chi connectivity index (χ2v) is 5.08. The lowest BCUT2D eigenvalue weighted by atomic mass is 9.67. The maximum Gasteiger partial charge on any atom is 0.238 e. The first kappa shape index (κ1) is 14.2. The van der Waals surface area contributed by atoms with Gasteiger partial charge in [-0.15, -0.1) is 0 Å². The number of oxime groups is 1. The Morgan fingerprint density at radius 2 is 2.20 bits per heavy atom. The third-order valence-electron chi connectivity index (χ3n) is 3.84. The minimum absolute atomic E-state index is 0.0344. The summed E-state index contributed by atoms with van der Waals surface area (Å²) < 4.78 is 5.23. The number of rotatable bonds is 4. The summed E-state index contributed by atoms with van der Waals surface area (Å²) in [6.45, 7) is 1.93. The van der Waals surface area contributed by atoms with Gasteiger partial charge in [-0.05, 0) is 37.5 Å². The normalized spacial score (nSPS) is 17.2. The lowest BCUT2D eigenvalue weighted by Crippen LogP contribution is -2.51. The van der Waals surface area contributed by atoms with Crippen molar-refractivity contribution in [2.75, 3.05) is 12.4 Å². The number of hydrogen-bond donors (Lipinski definition) is 3. The van der Waals surface area contributed by atoms with E-state index in [0.717, 1.165) is 12.0 Å². The number of methoxy groups -OCH3 is 1. The molecule has 2 rings (SSSR count). The van der Waals surface area contributed by atoms with E-state index in [0.29, 0.717) is 24.3 Å². The molecule has 0 saturated heterocycles. The largest absolute Gasteiger partial charge is 0.495 e. The van der Waals surface area contributed by atoms with E-state index in [-0.39, 0.29) is 11.7 Å². The molecule has 1 amide bonds. The fourth-order valence-electron chi connectivity index (χ4n) is 2.39. The van der Waals surface area contributed by atoms with Gasteiger partial charge in [0.1, 0.15) is 11.2 Å². The average Bonchev–Trinajstić information content (AvgIpc) is 2.37. The molecule has 0 spiro atoms. The highest BCUT2D eigenvalue weighted by Crippen LogP contribution is 2.42. The molecule has 1 aromatic rings. The van der Waals surface area contributed by atoms with Crippen LogP contribution in [0.25, 0.3) is 0 Å². The first-order valence-corrected chi connectivity index (χ1v) is 6.47. The van der Waals surface area contributed by atoms with Crippen molar-refractivity contribution in [2.45, 2.75) is 26.2 Å². The fraction of sp³-hybridized carbons (Fsp3) is 0.429. The number of carbonyl (C=O) groups is 1. The average molecular weight is 277 g/mol. The summed E-state index contributed by atoms with van der Waals surface area (Å²) in [5.41, 5.74) is 6.38. The first-order chi connectivity index (χ1) is 9.53. The molecule has 1 fully saturated rings. The van der Waals surface area contributed by atoms with E-state index < -0.39 is 5.41 Å². The number of hydrogen-bond acceptors (Lipinski definition) is 4. The van der Waals surface area contributed by atoms with Crippen molar-refractivity contribution in [3.05, 3.63) is 23.8 Å². The molecule has 6 nitrogen and oxygen atoms in total. The molecule has 6 heteroatoms. The number of carbonyl (C=O) groups excluding carboxylic acids is 1. The molecule has 0 unspecified atom stereocenters. The summed E-state index contributed by atoms with van der Waals surface area (Å²) in [7, 11) is 1.54. The number of ether oxygens (including phenoxy) is 1. The maximum atomic E-state index is 12.5. The molecule has 1 aliphatic carbocycles. The Morgan fingerprint density at radius 1 is 1.50 bits per heavy atom. The van der Waals surface area contributed by atoms with Gasteiger partial charge < -0.3 is 21.0 Å². The third kappa shape index (κ3) is 2.29. The molecule has 0 heterocycles. The van der Waals surface area contributed by atoms with Gasteiger partial charge in [-0.25, -0.2) is 0 Å². The Hall–Kier alpha value is -2.24. The van der Waals surface area contributed by atoms with Gasteiger partial charge in [0.2, 0.25) is 5.91 Å². The highest BCUT2D eigenvalue weighted by atomic mass is 16.5. The van der Waals surface area contributed by atoms with Crippen molar-refractivity contribution >= 4 is 17.4 Å². The quantitative estimate of drug-likeness (QED) is 0.338. The van der Waals surface area contributed by atoms with E-state index in [1.165, 1.54) is 0 Å². The molecule has 4 N–H and O–H groups in total. The van der Waals surface area contributed by atoms with E-state index in [4.69, 9.17) is 15.7 Å². The van der Waals surface area contributed by atoms with Crippen LogP contribution in [0.15, 0.2) is 23.4 Å². The molecule has 0 bridgehead atoms. The summed E-state index contributed by atoms with van der Waals surface area (Å²) >= 11 is 0. The van der Waals surface area contributed by atoms with Crippen LogP contribution in [-0.2, 0) is 4.79 Å². The Labute approximate surface area is 117 Å². The Morgan fingerprint density at radius 3 is 2.70 bits per heavy atom. The molecule has 20 heavy (non-hydrogen) atoms. The summed E-state index contributed by atoms with van der Waals surface area (Å²) in [4.78, 5) is 12.5. The van der Waals surface area contributed by atoms with Crippen LogP contribution in [0.5, 0.6) is 5.75 Å². The van der Waals surface area contributed by atoms with Crippen LogP contribution in [0.3, 0.4) is 0 Å².